The van der Waals surface area contributed by atoms with Crippen molar-refractivity contribution in [1.29, 1.82) is 0 Å². The van der Waals surface area contributed by atoms with Crippen molar-refractivity contribution in [2.45, 2.75) is 38.1 Å². The number of benzene rings is 2. The predicted octanol–water partition coefficient (Wildman–Crippen LogP) is 4.61. The second kappa shape index (κ2) is 12.3. The van der Waals surface area contributed by atoms with Crippen molar-refractivity contribution in [2.24, 2.45) is 0 Å². The first-order valence-electron chi connectivity index (χ1n) is 11.4. The third-order valence-electron chi connectivity index (χ3n) is 5.66. The Balaban J connectivity index is 1.85. The summed E-state index contributed by atoms with van der Waals surface area (Å²) in [5, 5.41) is 2.30. The Morgan fingerprint density at radius 1 is 1.14 bits per heavy atom. The fraction of sp³-hybridized carbons (Fsp3) is 0.296. The van der Waals surface area contributed by atoms with Crippen LogP contribution in [0.1, 0.15) is 43.9 Å². The summed E-state index contributed by atoms with van der Waals surface area (Å²) in [7, 11) is -1.08. The monoisotopic (exact) mass is 529 g/mol. The van der Waals surface area contributed by atoms with Gasteiger partial charge < -0.3 is 10.1 Å². The molecule has 0 aromatic heterocycles. The number of halogens is 1. The fourth-order valence-corrected chi connectivity index (χ4v) is 5.27. The largest absolute Gasteiger partial charge is 0.464 e. The van der Waals surface area contributed by atoms with Crippen LogP contribution in [0.4, 0.5) is 4.39 Å². The minimum atomic E-state index is -1.08. The molecule has 36 heavy (non-hydrogen) atoms. The number of hydrogen-bond donors (Lipinski definition) is 1. The summed E-state index contributed by atoms with van der Waals surface area (Å²) in [4.78, 5) is 37.2. The number of esters is 1. The molecular weight excluding hydrogens is 501 g/mol. The summed E-state index contributed by atoms with van der Waals surface area (Å²) < 4.78 is 30.8. The average Bonchev–Trinajstić information content (AvgIpc) is 3.07. The number of hydrogen-bond acceptors (Lipinski definition) is 6. The lowest BCUT2D eigenvalue weighted by atomic mass is 10.0. The zero-order valence-electron chi connectivity index (χ0n) is 20.6. The second-order valence-corrected chi connectivity index (χ2v) is 10.7. The zero-order chi connectivity index (χ0) is 26.4. The summed E-state index contributed by atoms with van der Waals surface area (Å²) in [6.45, 7) is 5.01. The Bertz CT molecular complexity index is 1270. The molecule has 1 amide bonds. The van der Waals surface area contributed by atoms with Gasteiger partial charge in [-0.1, -0.05) is 30.0 Å². The third-order valence-corrected chi connectivity index (χ3v) is 7.56. The first-order valence-corrected chi connectivity index (χ1v) is 13.9. The SMILES string of the molecule is CCOC(=O)[C@H](CSC(=O)CC1=C(C)/C(=C/c2ccc(S(C)=O)cc2)c2ccc(F)cc21)NC(C)=O. The lowest BCUT2D eigenvalue weighted by Crippen LogP contribution is -2.42. The number of ether oxygens (including phenoxy) is 1. The van der Waals surface area contributed by atoms with Crippen LogP contribution in [-0.2, 0) is 29.9 Å². The van der Waals surface area contributed by atoms with E-state index in [0.717, 1.165) is 38.9 Å². The van der Waals surface area contributed by atoms with Crippen LogP contribution in [0.15, 0.2) is 52.9 Å². The minimum absolute atomic E-state index is 0.0351. The van der Waals surface area contributed by atoms with Gasteiger partial charge in [0.2, 0.25) is 5.91 Å². The van der Waals surface area contributed by atoms with Crippen LogP contribution in [-0.4, -0.2) is 45.9 Å². The van der Waals surface area contributed by atoms with E-state index in [4.69, 9.17) is 4.74 Å². The lowest BCUT2D eigenvalue weighted by Gasteiger charge is -2.15. The van der Waals surface area contributed by atoms with Gasteiger partial charge in [-0.05, 0) is 77.6 Å². The zero-order valence-corrected chi connectivity index (χ0v) is 22.2. The van der Waals surface area contributed by atoms with Gasteiger partial charge in [-0.15, -0.1) is 0 Å². The third kappa shape index (κ3) is 6.79. The summed E-state index contributed by atoms with van der Waals surface area (Å²) in [5.41, 5.74) is 4.83. The number of allylic oxidation sites excluding steroid dienone is 3. The van der Waals surface area contributed by atoms with Crippen molar-refractivity contribution in [3.8, 4) is 0 Å². The molecule has 0 radical (unpaired) electrons. The number of rotatable bonds is 9. The van der Waals surface area contributed by atoms with Crippen LogP contribution in [0.2, 0.25) is 0 Å². The van der Waals surface area contributed by atoms with Crippen molar-refractivity contribution >= 4 is 56.8 Å². The second-order valence-electron chi connectivity index (χ2n) is 8.24. The molecule has 190 valence electrons. The standard InChI is InChI=1S/C27H28FNO5S2/c1-5-34-27(32)25(29-17(3)30)15-35-26(31)14-23-16(2)22(21-11-8-19(28)13-24(21)23)12-18-6-9-20(10-7-18)36(4)33/h6-13,25H,5,14-15H2,1-4H3,(H,29,30)/b22-12-/t25-,36?/m0/s1. The van der Waals surface area contributed by atoms with Crippen molar-refractivity contribution in [2.75, 3.05) is 18.6 Å². The Morgan fingerprint density at radius 3 is 2.44 bits per heavy atom. The molecule has 1 N–H and O–H groups in total. The highest BCUT2D eigenvalue weighted by molar-refractivity contribution is 8.13. The molecule has 0 fully saturated rings. The first-order chi connectivity index (χ1) is 17.1. The van der Waals surface area contributed by atoms with Crippen LogP contribution < -0.4 is 5.32 Å². The molecule has 2 aromatic rings. The van der Waals surface area contributed by atoms with Crippen molar-refractivity contribution in [3.05, 3.63) is 70.5 Å². The van der Waals surface area contributed by atoms with E-state index < -0.39 is 34.5 Å². The van der Waals surface area contributed by atoms with Gasteiger partial charge in [0, 0.05) is 41.0 Å². The normalized spacial score (nSPS) is 15.4. The molecule has 1 aliphatic carbocycles. The Morgan fingerprint density at radius 2 is 1.83 bits per heavy atom. The fourth-order valence-electron chi connectivity index (χ4n) is 3.93. The molecule has 0 aliphatic heterocycles. The molecule has 0 saturated heterocycles. The predicted molar refractivity (Wildman–Crippen MR) is 142 cm³/mol. The molecule has 1 aliphatic rings. The smallest absolute Gasteiger partial charge is 0.329 e. The Labute approximate surface area is 216 Å². The number of thioether (sulfide) groups is 1. The van der Waals surface area contributed by atoms with Crippen LogP contribution >= 0.6 is 11.8 Å². The molecule has 0 saturated carbocycles. The van der Waals surface area contributed by atoms with E-state index in [9.17, 15) is 23.0 Å². The summed E-state index contributed by atoms with van der Waals surface area (Å²) in [5.74, 6) is -1.36. The highest BCUT2D eigenvalue weighted by Gasteiger charge is 2.27. The van der Waals surface area contributed by atoms with Gasteiger partial charge in [-0.25, -0.2) is 9.18 Å². The van der Waals surface area contributed by atoms with E-state index in [1.165, 1.54) is 19.1 Å². The van der Waals surface area contributed by atoms with E-state index in [-0.39, 0.29) is 23.9 Å². The number of fused-ring (bicyclic) bond motifs is 1. The maximum absolute atomic E-state index is 14.2. The van der Waals surface area contributed by atoms with Gasteiger partial charge in [-0.3, -0.25) is 13.8 Å². The molecule has 3 rings (SSSR count). The van der Waals surface area contributed by atoms with Crippen molar-refractivity contribution in [1.82, 2.24) is 5.32 Å². The number of carbonyl (C=O) groups excluding carboxylic acids is 3. The van der Waals surface area contributed by atoms with Crippen molar-refractivity contribution < 1.29 is 27.7 Å². The summed E-state index contributed by atoms with van der Waals surface area (Å²) in [6, 6.07) is 10.9. The Hall–Kier alpha value is -3.04. The maximum Gasteiger partial charge on any atom is 0.329 e. The maximum atomic E-state index is 14.2. The number of amides is 1. The van der Waals surface area contributed by atoms with Crippen LogP contribution in [0.3, 0.4) is 0 Å². The molecule has 2 aromatic carbocycles. The topological polar surface area (TPSA) is 89.5 Å². The van der Waals surface area contributed by atoms with E-state index >= 15 is 0 Å². The quantitative estimate of drug-likeness (QED) is 0.478. The average molecular weight is 530 g/mol. The molecule has 0 heterocycles. The highest BCUT2D eigenvalue weighted by atomic mass is 32.2. The number of nitrogens with one attached hydrogen (secondary N) is 1. The van der Waals surface area contributed by atoms with Gasteiger partial charge in [0.15, 0.2) is 5.12 Å². The molecule has 0 bridgehead atoms. The Kier molecular flexibility index (Phi) is 9.39. The van der Waals surface area contributed by atoms with Gasteiger partial charge in [0.25, 0.3) is 0 Å². The highest BCUT2D eigenvalue weighted by Crippen LogP contribution is 2.44. The van der Waals surface area contributed by atoms with E-state index in [2.05, 4.69) is 5.32 Å². The van der Waals surface area contributed by atoms with E-state index in [0.29, 0.717) is 11.1 Å². The molecule has 1 unspecified atom stereocenters. The minimum Gasteiger partial charge on any atom is -0.464 e. The molecule has 0 spiro atoms. The lowest BCUT2D eigenvalue weighted by molar-refractivity contribution is -0.146. The molecular formula is C27H28FNO5S2. The van der Waals surface area contributed by atoms with Crippen LogP contribution in [0, 0.1) is 5.82 Å². The van der Waals surface area contributed by atoms with Crippen LogP contribution in [0.25, 0.3) is 17.2 Å². The van der Waals surface area contributed by atoms with E-state index in [1.54, 1.807) is 31.4 Å². The van der Waals surface area contributed by atoms with Crippen LogP contribution in [0.5, 0.6) is 0 Å². The van der Waals surface area contributed by atoms with Gasteiger partial charge >= 0.3 is 5.97 Å². The summed E-state index contributed by atoms with van der Waals surface area (Å²) >= 11 is 0.927. The molecule has 2 atom stereocenters. The molecule has 9 heteroatoms. The van der Waals surface area contributed by atoms with Gasteiger partial charge in [0.05, 0.1) is 6.61 Å². The van der Waals surface area contributed by atoms with Gasteiger partial charge in [0.1, 0.15) is 11.9 Å². The first kappa shape index (κ1) is 27.5. The molecule has 6 nitrogen and oxygen atoms in total. The van der Waals surface area contributed by atoms with Crippen molar-refractivity contribution in [3.63, 3.8) is 0 Å². The van der Waals surface area contributed by atoms with E-state index in [1.807, 2.05) is 25.1 Å². The number of carbonyl (C=O) groups is 3. The summed E-state index contributed by atoms with van der Waals surface area (Å²) in [6.07, 6.45) is 3.62. The van der Waals surface area contributed by atoms with Gasteiger partial charge in [-0.2, -0.15) is 0 Å².